The highest BCUT2D eigenvalue weighted by molar-refractivity contribution is 5.76. The summed E-state index contributed by atoms with van der Waals surface area (Å²) < 4.78 is 5.16. The van der Waals surface area contributed by atoms with Gasteiger partial charge >= 0.3 is 0 Å². The van der Waals surface area contributed by atoms with E-state index in [-0.39, 0.29) is 12.5 Å². The van der Waals surface area contributed by atoms with Crippen LogP contribution in [-0.4, -0.2) is 23.2 Å². The van der Waals surface area contributed by atoms with E-state index in [9.17, 15) is 9.90 Å². The van der Waals surface area contributed by atoms with Crippen molar-refractivity contribution in [1.29, 1.82) is 0 Å². The van der Waals surface area contributed by atoms with E-state index in [4.69, 9.17) is 4.42 Å². The first-order chi connectivity index (χ1) is 8.03. The second-order valence-electron chi connectivity index (χ2n) is 4.36. The minimum Gasteiger partial charge on any atom is -0.469 e. The number of amides is 1. The molecule has 1 heterocycles. The van der Waals surface area contributed by atoms with Crippen LogP contribution in [0.15, 0.2) is 35.5 Å². The summed E-state index contributed by atoms with van der Waals surface area (Å²) in [5.41, 5.74) is -0.998. The summed E-state index contributed by atoms with van der Waals surface area (Å²) in [6.07, 6.45) is 4.68. The van der Waals surface area contributed by atoms with Crippen molar-refractivity contribution in [2.24, 2.45) is 0 Å². The Hall–Kier alpha value is -1.55. The fourth-order valence-corrected chi connectivity index (χ4v) is 1.46. The molecule has 1 amide bonds. The number of hydrogen-bond donors (Lipinski definition) is 2. The maximum atomic E-state index is 11.4. The molecule has 94 valence electrons. The van der Waals surface area contributed by atoms with Crippen molar-refractivity contribution in [1.82, 2.24) is 5.32 Å². The van der Waals surface area contributed by atoms with Crippen LogP contribution in [0.3, 0.4) is 0 Å². The first-order valence-electron chi connectivity index (χ1n) is 5.66. The van der Waals surface area contributed by atoms with Gasteiger partial charge in [0.1, 0.15) is 5.76 Å². The summed E-state index contributed by atoms with van der Waals surface area (Å²) in [7, 11) is 0. The number of hydrogen-bond acceptors (Lipinski definition) is 3. The summed E-state index contributed by atoms with van der Waals surface area (Å²) >= 11 is 0. The molecule has 4 nitrogen and oxygen atoms in total. The number of carbonyl (C=O) groups excluding carboxylic acids is 1. The Morgan fingerprint density at radius 2 is 2.47 bits per heavy atom. The monoisotopic (exact) mass is 237 g/mol. The number of carbonyl (C=O) groups is 1. The van der Waals surface area contributed by atoms with Gasteiger partial charge < -0.3 is 14.8 Å². The van der Waals surface area contributed by atoms with Crippen molar-refractivity contribution in [3.8, 4) is 0 Å². The van der Waals surface area contributed by atoms with Crippen LogP contribution in [0.25, 0.3) is 0 Å². The van der Waals surface area contributed by atoms with Gasteiger partial charge in [0.05, 0.1) is 11.9 Å². The van der Waals surface area contributed by atoms with E-state index >= 15 is 0 Å². The average Bonchev–Trinajstić information content (AvgIpc) is 2.75. The van der Waals surface area contributed by atoms with E-state index in [1.165, 1.54) is 0 Å². The molecule has 1 aromatic rings. The second kappa shape index (κ2) is 6.25. The number of furan rings is 1. The van der Waals surface area contributed by atoms with Crippen molar-refractivity contribution in [2.45, 2.75) is 31.8 Å². The fourth-order valence-electron chi connectivity index (χ4n) is 1.46. The minimum absolute atomic E-state index is 0.0791. The molecule has 1 rings (SSSR count). The Kier molecular flexibility index (Phi) is 4.97. The highest BCUT2D eigenvalue weighted by atomic mass is 16.3. The summed E-state index contributed by atoms with van der Waals surface area (Å²) in [4.78, 5) is 11.4. The van der Waals surface area contributed by atoms with Crippen molar-refractivity contribution in [3.63, 3.8) is 0 Å². The van der Waals surface area contributed by atoms with Crippen molar-refractivity contribution < 1.29 is 14.3 Å². The zero-order valence-corrected chi connectivity index (χ0v) is 10.1. The van der Waals surface area contributed by atoms with Gasteiger partial charge in [-0.05, 0) is 25.5 Å². The Bertz CT molecular complexity index is 355. The lowest BCUT2D eigenvalue weighted by Gasteiger charge is -2.22. The number of aliphatic hydroxyl groups is 1. The first-order valence-corrected chi connectivity index (χ1v) is 5.66. The van der Waals surface area contributed by atoms with Gasteiger partial charge in [-0.2, -0.15) is 0 Å². The van der Waals surface area contributed by atoms with Crippen molar-refractivity contribution in [3.05, 3.63) is 36.8 Å². The fraction of sp³-hybridized carbons (Fsp3) is 0.462. The number of rotatable bonds is 7. The molecule has 0 aliphatic heterocycles. The Morgan fingerprint density at radius 1 is 1.71 bits per heavy atom. The number of nitrogens with one attached hydrogen (secondary N) is 1. The molecule has 0 fully saturated rings. The van der Waals surface area contributed by atoms with E-state index in [1.807, 2.05) is 0 Å². The molecule has 0 aliphatic rings. The predicted molar refractivity (Wildman–Crippen MR) is 65.5 cm³/mol. The van der Waals surface area contributed by atoms with Crippen LogP contribution in [-0.2, 0) is 11.2 Å². The third-order valence-electron chi connectivity index (χ3n) is 2.38. The van der Waals surface area contributed by atoms with Crippen LogP contribution in [0.5, 0.6) is 0 Å². The topological polar surface area (TPSA) is 62.5 Å². The molecule has 17 heavy (non-hydrogen) atoms. The van der Waals surface area contributed by atoms with Crippen molar-refractivity contribution >= 4 is 5.91 Å². The lowest BCUT2D eigenvalue weighted by Crippen LogP contribution is -2.42. The van der Waals surface area contributed by atoms with Gasteiger partial charge in [-0.3, -0.25) is 4.79 Å². The van der Waals surface area contributed by atoms with Gasteiger partial charge in [0, 0.05) is 19.4 Å². The van der Waals surface area contributed by atoms with Crippen LogP contribution < -0.4 is 5.32 Å². The largest absolute Gasteiger partial charge is 0.469 e. The van der Waals surface area contributed by atoms with E-state index in [2.05, 4.69) is 11.9 Å². The summed E-state index contributed by atoms with van der Waals surface area (Å²) in [6.45, 7) is 5.43. The van der Waals surface area contributed by atoms with Gasteiger partial charge in [-0.1, -0.05) is 6.08 Å². The number of allylic oxidation sites excluding steroid dienone is 1. The quantitative estimate of drug-likeness (QED) is 0.709. The molecule has 0 unspecified atom stereocenters. The molecule has 0 radical (unpaired) electrons. The Labute approximate surface area is 101 Å². The first kappa shape index (κ1) is 13.5. The molecule has 4 heteroatoms. The smallest absolute Gasteiger partial charge is 0.220 e. The van der Waals surface area contributed by atoms with E-state index in [0.717, 1.165) is 0 Å². The van der Waals surface area contributed by atoms with Crippen molar-refractivity contribution in [2.75, 3.05) is 6.54 Å². The average molecular weight is 237 g/mol. The minimum atomic E-state index is -0.998. The maximum absolute atomic E-state index is 11.4. The third kappa shape index (κ3) is 5.36. The van der Waals surface area contributed by atoms with E-state index in [1.54, 1.807) is 31.4 Å². The maximum Gasteiger partial charge on any atom is 0.220 e. The SMILES string of the molecule is C=CCCC(=O)NC[C@](C)(O)Cc1ccco1. The van der Waals surface area contributed by atoms with Crippen LogP contribution >= 0.6 is 0 Å². The van der Waals surface area contributed by atoms with E-state index < -0.39 is 5.60 Å². The highest BCUT2D eigenvalue weighted by Crippen LogP contribution is 2.12. The van der Waals surface area contributed by atoms with Crippen LogP contribution in [0, 0.1) is 0 Å². The van der Waals surface area contributed by atoms with Crippen LogP contribution in [0.1, 0.15) is 25.5 Å². The van der Waals surface area contributed by atoms with Gasteiger partial charge in [-0.15, -0.1) is 6.58 Å². The third-order valence-corrected chi connectivity index (χ3v) is 2.38. The van der Waals surface area contributed by atoms with Crippen LogP contribution in [0.2, 0.25) is 0 Å². The van der Waals surface area contributed by atoms with E-state index in [0.29, 0.717) is 25.0 Å². The molecule has 0 aliphatic carbocycles. The Balaban J connectivity index is 2.33. The molecular weight excluding hydrogens is 218 g/mol. The molecule has 0 saturated carbocycles. The molecule has 1 aromatic heterocycles. The summed E-state index contributed by atoms with van der Waals surface area (Å²) in [5, 5.41) is 12.8. The molecule has 0 spiro atoms. The molecular formula is C13H19NO3. The highest BCUT2D eigenvalue weighted by Gasteiger charge is 2.22. The molecule has 0 aromatic carbocycles. The van der Waals surface area contributed by atoms with Gasteiger partial charge in [0.2, 0.25) is 5.91 Å². The van der Waals surface area contributed by atoms with Gasteiger partial charge in [0.25, 0.3) is 0 Å². The normalized spacial score (nSPS) is 14.0. The zero-order valence-electron chi connectivity index (χ0n) is 10.1. The molecule has 0 saturated heterocycles. The molecule has 1 atom stereocenters. The second-order valence-corrected chi connectivity index (χ2v) is 4.36. The Morgan fingerprint density at radius 3 is 3.06 bits per heavy atom. The predicted octanol–water partition coefficient (Wildman–Crippen LogP) is 1.66. The lowest BCUT2D eigenvalue weighted by atomic mass is 10.0. The van der Waals surface area contributed by atoms with Gasteiger partial charge in [-0.25, -0.2) is 0 Å². The summed E-state index contributed by atoms with van der Waals surface area (Å²) in [6, 6.07) is 3.57. The lowest BCUT2D eigenvalue weighted by molar-refractivity contribution is -0.122. The van der Waals surface area contributed by atoms with Gasteiger partial charge in [0.15, 0.2) is 0 Å². The standard InChI is InChI=1S/C13H19NO3/c1-3-4-7-12(15)14-10-13(2,16)9-11-6-5-8-17-11/h3,5-6,8,16H,1,4,7,9-10H2,2H3,(H,14,15)/t13-/m1/s1. The van der Waals surface area contributed by atoms with Crippen LogP contribution in [0.4, 0.5) is 0 Å². The molecule has 2 N–H and O–H groups in total. The molecule has 0 bridgehead atoms. The summed E-state index contributed by atoms with van der Waals surface area (Å²) in [5.74, 6) is 0.625. The zero-order chi connectivity index (χ0) is 12.7.